The average Bonchev–Trinajstić information content (AvgIpc) is 2.10. The Morgan fingerprint density at radius 2 is 1.62 bits per heavy atom. The van der Waals surface area contributed by atoms with E-state index < -0.39 is 0 Å². The van der Waals surface area contributed by atoms with Gasteiger partial charge in [-0.1, -0.05) is 22.0 Å². The maximum atomic E-state index is 3.45. The number of aryl methyl sites for hydroxylation is 3. The zero-order valence-corrected chi connectivity index (χ0v) is 10.3. The van der Waals surface area contributed by atoms with Crippen LogP contribution in [0.2, 0.25) is 0 Å². The molecule has 0 bridgehead atoms. The van der Waals surface area contributed by atoms with Gasteiger partial charge in [0.15, 0.2) is 0 Å². The summed E-state index contributed by atoms with van der Waals surface area (Å²) in [4.78, 5) is 2.20. The van der Waals surface area contributed by atoms with Crippen LogP contribution in [0.15, 0.2) is 12.1 Å². The number of alkyl halides is 1. The van der Waals surface area contributed by atoms with Crippen LogP contribution in [0.1, 0.15) is 16.7 Å². The molecule has 0 fully saturated rings. The van der Waals surface area contributed by atoms with Gasteiger partial charge in [-0.25, -0.2) is 0 Å². The lowest BCUT2D eigenvalue weighted by atomic mass is 10.0. The van der Waals surface area contributed by atoms with Crippen molar-refractivity contribution in [2.45, 2.75) is 20.8 Å². The van der Waals surface area contributed by atoms with Crippen LogP contribution in [0.5, 0.6) is 0 Å². The Kier molecular flexibility index (Phi) is 3.37. The Bertz CT molecular complexity index is 307. The van der Waals surface area contributed by atoms with E-state index in [-0.39, 0.29) is 0 Å². The summed E-state index contributed by atoms with van der Waals surface area (Å²) in [5.74, 6) is 0. The van der Waals surface area contributed by atoms with Crippen LogP contribution in [0.3, 0.4) is 0 Å². The van der Waals surface area contributed by atoms with E-state index in [0.717, 1.165) is 5.45 Å². The molecule has 2 heteroatoms. The molecule has 72 valence electrons. The predicted octanol–water partition coefficient (Wildman–Crippen LogP) is 3.40. The molecule has 0 spiro atoms. The van der Waals surface area contributed by atoms with Gasteiger partial charge in [-0.3, -0.25) is 0 Å². The molecule has 0 unspecified atom stereocenters. The molecule has 1 rings (SSSR count). The summed E-state index contributed by atoms with van der Waals surface area (Å²) in [6.45, 7) is 6.46. The number of halogens is 1. The molecular weight excluding hydrogens is 226 g/mol. The average molecular weight is 242 g/mol. The first kappa shape index (κ1) is 10.6. The molecule has 13 heavy (non-hydrogen) atoms. The van der Waals surface area contributed by atoms with Gasteiger partial charge < -0.3 is 4.90 Å². The van der Waals surface area contributed by atoms with Crippen molar-refractivity contribution in [3.63, 3.8) is 0 Å². The Morgan fingerprint density at radius 1 is 1.08 bits per heavy atom. The number of hydrogen-bond donors (Lipinski definition) is 0. The Labute approximate surface area is 88.9 Å². The van der Waals surface area contributed by atoms with Gasteiger partial charge >= 0.3 is 0 Å². The number of hydrogen-bond acceptors (Lipinski definition) is 1. The highest BCUT2D eigenvalue weighted by molar-refractivity contribution is 9.09. The fraction of sp³-hybridized carbons (Fsp3) is 0.455. The van der Waals surface area contributed by atoms with Gasteiger partial charge in [-0.2, -0.15) is 0 Å². The van der Waals surface area contributed by atoms with E-state index >= 15 is 0 Å². The number of benzene rings is 1. The molecule has 0 saturated heterocycles. The van der Waals surface area contributed by atoms with Gasteiger partial charge in [0.05, 0.1) is 5.45 Å². The van der Waals surface area contributed by atoms with Gasteiger partial charge in [-0.15, -0.1) is 0 Å². The first-order valence-electron chi connectivity index (χ1n) is 4.41. The van der Waals surface area contributed by atoms with E-state index in [1.54, 1.807) is 0 Å². The van der Waals surface area contributed by atoms with Gasteiger partial charge in [0.1, 0.15) is 0 Å². The molecule has 0 saturated carbocycles. The lowest BCUT2D eigenvalue weighted by Crippen LogP contribution is -2.15. The zero-order chi connectivity index (χ0) is 10.0. The monoisotopic (exact) mass is 241 g/mol. The van der Waals surface area contributed by atoms with Crippen LogP contribution in [0.25, 0.3) is 0 Å². The van der Waals surface area contributed by atoms with E-state index in [1.807, 2.05) is 0 Å². The van der Waals surface area contributed by atoms with E-state index in [2.05, 4.69) is 60.8 Å². The van der Waals surface area contributed by atoms with Gasteiger partial charge in [0, 0.05) is 12.7 Å². The van der Waals surface area contributed by atoms with E-state index in [4.69, 9.17) is 0 Å². The van der Waals surface area contributed by atoms with Crippen molar-refractivity contribution in [2.24, 2.45) is 0 Å². The van der Waals surface area contributed by atoms with Crippen LogP contribution in [0.4, 0.5) is 5.69 Å². The summed E-state index contributed by atoms with van der Waals surface area (Å²) in [6, 6.07) is 4.48. The fourth-order valence-electron chi connectivity index (χ4n) is 1.42. The highest BCUT2D eigenvalue weighted by atomic mass is 79.9. The molecule has 0 aromatic heterocycles. The molecule has 0 heterocycles. The molecule has 0 aliphatic rings. The van der Waals surface area contributed by atoms with Crippen molar-refractivity contribution in [3.05, 3.63) is 28.8 Å². The molecule has 0 aliphatic carbocycles. The van der Waals surface area contributed by atoms with Crippen molar-refractivity contribution in [1.29, 1.82) is 0 Å². The minimum atomic E-state index is 0.871. The second kappa shape index (κ2) is 4.14. The summed E-state index contributed by atoms with van der Waals surface area (Å²) in [5.41, 5.74) is 6.23. The SMILES string of the molecule is Cc1cc(C)c(N(C)CBr)cc1C. The number of nitrogens with zero attached hydrogens (tertiary/aromatic N) is 1. The third-order valence-corrected chi connectivity index (χ3v) is 3.16. The minimum absolute atomic E-state index is 0.871. The standard InChI is InChI=1S/C11H16BrN/c1-8-5-10(3)11(6-9(8)2)13(4)7-12/h5-6H,7H2,1-4H3. The van der Waals surface area contributed by atoms with Crippen LogP contribution in [-0.2, 0) is 0 Å². The van der Waals surface area contributed by atoms with E-state index in [9.17, 15) is 0 Å². The topological polar surface area (TPSA) is 3.24 Å². The van der Waals surface area contributed by atoms with Gasteiger partial charge in [0.2, 0.25) is 0 Å². The minimum Gasteiger partial charge on any atom is -0.364 e. The quantitative estimate of drug-likeness (QED) is 0.567. The van der Waals surface area contributed by atoms with Crippen LogP contribution in [-0.4, -0.2) is 12.5 Å². The fourth-order valence-corrected chi connectivity index (χ4v) is 1.69. The van der Waals surface area contributed by atoms with Crippen LogP contribution >= 0.6 is 15.9 Å². The summed E-state index contributed by atoms with van der Waals surface area (Å²) in [6.07, 6.45) is 0. The summed E-state index contributed by atoms with van der Waals surface area (Å²) >= 11 is 3.45. The normalized spacial score (nSPS) is 10.2. The second-order valence-corrected chi connectivity index (χ2v) is 4.04. The third kappa shape index (κ3) is 2.25. The summed E-state index contributed by atoms with van der Waals surface area (Å²) in [5, 5.41) is 0. The lowest BCUT2D eigenvalue weighted by Gasteiger charge is -2.19. The summed E-state index contributed by atoms with van der Waals surface area (Å²) < 4.78 is 0. The number of anilines is 1. The maximum Gasteiger partial charge on any atom is 0.0732 e. The molecule has 1 aromatic carbocycles. The van der Waals surface area contributed by atoms with Crippen molar-refractivity contribution in [2.75, 3.05) is 17.4 Å². The molecule has 0 radical (unpaired) electrons. The molecule has 1 nitrogen and oxygen atoms in total. The first-order valence-corrected chi connectivity index (χ1v) is 5.53. The Balaban J connectivity index is 3.15. The van der Waals surface area contributed by atoms with Crippen LogP contribution < -0.4 is 4.90 Å². The molecule has 0 atom stereocenters. The van der Waals surface area contributed by atoms with Gasteiger partial charge in [-0.05, 0) is 43.5 Å². The molecule has 0 amide bonds. The van der Waals surface area contributed by atoms with Crippen molar-refractivity contribution >= 4 is 21.6 Å². The third-order valence-electron chi connectivity index (χ3n) is 2.40. The smallest absolute Gasteiger partial charge is 0.0732 e. The van der Waals surface area contributed by atoms with Crippen LogP contribution in [0, 0.1) is 20.8 Å². The summed E-state index contributed by atoms with van der Waals surface area (Å²) in [7, 11) is 2.09. The maximum absolute atomic E-state index is 3.45. The highest BCUT2D eigenvalue weighted by Crippen LogP contribution is 2.23. The van der Waals surface area contributed by atoms with Gasteiger partial charge in [0.25, 0.3) is 0 Å². The van der Waals surface area contributed by atoms with E-state index in [0.29, 0.717) is 0 Å². The van der Waals surface area contributed by atoms with Crippen molar-refractivity contribution in [3.8, 4) is 0 Å². The largest absolute Gasteiger partial charge is 0.364 e. The number of rotatable bonds is 2. The van der Waals surface area contributed by atoms with Crippen molar-refractivity contribution in [1.82, 2.24) is 0 Å². The Morgan fingerprint density at radius 3 is 2.15 bits per heavy atom. The predicted molar refractivity (Wildman–Crippen MR) is 62.9 cm³/mol. The molecular formula is C11H16BrN. The van der Waals surface area contributed by atoms with Crippen molar-refractivity contribution < 1.29 is 0 Å². The molecule has 0 N–H and O–H groups in total. The second-order valence-electron chi connectivity index (χ2n) is 3.54. The Hall–Kier alpha value is -0.500. The highest BCUT2D eigenvalue weighted by Gasteiger charge is 2.04. The zero-order valence-electron chi connectivity index (χ0n) is 8.69. The molecule has 1 aromatic rings. The van der Waals surface area contributed by atoms with E-state index in [1.165, 1.54) is 22.4 Å². The molecule has 0 aliphatic heterocycles. The first-order chi connectivity index (χ1) is 6.06. The lowest BCUT2D eigenvalue weighted by molar-refractivity contribution is 1.08.